The number of thiophene rings is 1. The summed E-state index contributed by atoms with van der Waals surface area (Å²) in [6.45, 7) is 3.64. The Kier molecular flexibility index (Phi) is 4.20. The highest BCUT2D eigenvalue weighted by Crippen LogP contribution is 2.35. The summed E-state index contributed by atoms with van der Waals surface area (Å²) in [7, 11) is 0. The van der Waals surface area contributed by atoms with Crippen molar-refractivity contribution in [3.05, 3.63) is 20.3 Å². The van der Waals surface area contributed by atoms with Crippen LogP contribution in [-0.2, 0) is 15.9 Å². The molecule has 2 nitrogen and oxygen atoms in total. The molecule has 0 bridgehead atoms. The minimum absolute atomic E-state index is 0.123. The number of hydrogen-bond donors (Lipinski definition) is 0. The minimum atomic E-state index is -0.123. The molecule has 0 aromatic carbocycles. The predicted molar refractivity (Wildman–Crippen MR) is 65.3 cm³/mol. The molecule has 0 amide bonds. The third kappa shape index (κ3) is 2.81. The molecule has 15 heavy (non-hydrogen) atoms. The monoisotopic (exact) mass is 290 g/mol. The van der Waals surface area contributed by atoms with Gasteiger partial charge in [0.1, 0.15) is 0 Å². The highest BCUT2D eigenvalue weighted by molar-refractivity contribution is 9.10. The highest BCUT2D eigenvalue weighted by atomic mass is 79.9. The van der Waals surface area contributed by atoms with Gasteiger partial charge in [-0.05, 0) is 34.8 Å². The Morgan fingerprint density at radius 3 is 2.87 bits per heavy atom. The van der Waals surface area contributed by atoms with Crippen LogP contribution in [0.3, 0.4) is 0 Å². The molecule has 1 saturated heterocycles. The number of rotatable bonds is 4. The molecule has 0 aliphatic carbocycles. The maximum Gasteiger partial charge on any atom is 0.193 e. The van der Waals surface area contributed by atoms with Gasteiger partial charge in [0, 0.05) is 9.35 Å². The summed E-state index contributed by atoms with van der Waals surface area (Å²) in [6, 6.07) is 2.13. The van der Waals surface area contributed by atoms with Crippen molar-refractivity contribution in [2.75, 3.05) is 13.2 Å². The number of aryl methyl sites for hydroxylation is 1. The van der Waals surface area contributed by atoms with Gasteiger partial charge in [-0.2, -0.15) is 0 Å². The molecule has 0 radical (unpaired) electrons. The summed E-state index contributed by atoms with van der Waals surface area (Å²) < 4.78 is 12.2. The lowest BCUT2D eigenvalue weighted by atomic mass is 10.2. The van der Waals surface area contributed by atoms with Crippen molar-refractivity contribution in [1.29, 1.82) is 0 Å². The molecule has 0 atom stereocenters. The van der Waals surface area contributed by atoms with E-state index in [-0.39, 0.29) is 6.29 Å². The molecule has 2 rings (SSSR count). The molecule has 1 aromatic rings. The maximum atomic E-state index is 5.48. The first-order chi connectivity index (χ1) is 7.31. The van der Waals surface area contributed by atoms with Crippen molar-refractivity contribution in [2.24, 2.45) is 0 Å². The zero-order valence-corrected chi connectivity index (χ0v) is 11.2. The lowest BCUT2D eigenvalue weighted by Crippen LogP contribution is -1.93. The van der Waals surface area contributed by atoms with Crippen LogP contribution in [0.4, 0.5) is 0 Å². The Morgan fingerprint density at radius 2 is 2.20 bits per heavy atom. The molecule has 0 saturated carbocycles. The lowest BCUT2D eigenvalue weighted by Gasteiger charge is -2.04. The van der Waals surface area contributed by atoms with Crippen molar-refractivity contribution < 1.29 is 9.47 Å². The van der Waals surface area contributed by atoms with Gasteiger partial charge in [0.05, 0.1) is 18.1 Å². The largest absolute Gasteiger partial charge is 0.345 e. The molecule has 1 aliphatic heterocycles. The first-order valence-electron chi connectivity index (χ1n) is 5.32. The average molecular weight is 291 g/mol. The SMILES string of the molecule is CCCCc1sc(C2OCCO2)cc1Br. The molecule has 1 aliphatic rings. The molecule has 0 N–H and O–H groups in total. The quantitative estimate of drug-likeness (QED) is 0.837. The van der Waals surface area contributed by atoms with E-state index in [2.05, 4.69) is 28.9 Å². The number of ether oxygens (including phenoxy) is 2. The standard InChI is InChI=1S/C11H15BrO2S/c1-2-3-4-9-8(12)7-10(15-9)11-13-5-6-14-11/h7,11H,2-6H2,1H3. The van der Waals surface area contributed by atoms with E-state index < -0.39 is 0 Å². The van der Waals surface area contributed by atoms with Crippen molar-refractivity contribution >= 4 is 27.3 Å². The smallest absolute Gasteiger partial charge is 0.193 e. The molecule has 0 spiro atoms. The molecular weight excluding hydrogens is 276 g/mol. The predicted octanol–water partition coefficient (Wildman–Crippen LogP) is 3.90. The van der Waals surface area contributed by atoms with E-state index in [0.29, 0.717) is 13.2 Å². The normalized spacial score (nSPS) is 17.5. The number of halogens is 1. The van der Waals surface area contributed by atoms with Crippen LogP contribution in [0.1, 0.15) is 35.8 Å². The Hall–Kier alpha value is 0.100. The van der Waals surface area contributed by atoms with Crippen molar-refractivity contribution in [3.63, 3.8) is 0 Å². The summed E-state index contributed by atoms with van der Waals surface area (Å²) in [4.78, 5) is 2.59. The van der Waals surface area contributed by atoms with Gasteiger partial charge < -0.3 is 9.47 Å². The van der Waals surface area contributed by atoms with Gasteiger partial charge in [-0.25, -0.2) is 0 Å². The molecule has 0 unspecified atom stereocenters. The molecule has 84 valence electrons. The Balaban J connectivity index is 2.06. The third-order valence-electron chi connectivity index (χ3n) is 2.39. The first kappa shape index (κ1) is 11.6. The van der Waals surface area contributed by atoms with Crippen molar-refractivity contribution in [1.82, 2.24) is 0 Å². The Labute approximate surface area is 103 Å². The van der Waals surface area contributed by atoms with Gasteiger partial charge in [-0.15, -0.1) is 11.3 Å². The molecule has 1 aromatic heterocycles. The van der Waals surface area contributed by atoms with Crippen LogP contribution < -0.4 is 0 Å². The van der Waals surface area contributed by atoms with Crippen LogP contribution in [-0.4, -0.2) is 13.2 Å². The Morgan fingerprint density at radius 1 is 1.47 bits per heavy atom. The Bertz CT molecular complexity index is 318. The molecule has 1 fully saturated rings. The highest BCUT2D eigenvalue weighted by Gasteiger charge is 2.21. The third-order valence-corrected chi connectivity index (χ3v) is 4.57. The second kappa shape index (κ2) is 5.43. The molecular formula is C11H15BrO2S. The summed E-state index contributed by atoms with van der Waals surface area (Å²) in [6.07, 6.45) is 3.50. The van der Waals surface area contributed by atoms with Crippen LogP contribution in [0.2, 0.25) is 0 Å². The zero-order chi connectivity index (χ0) is 10.7. The van der Waals surface area contributed by atoms with E-state index in [4.69, 9.17) is 9.47 Å². The minimum Gasteiger partial charge on any atom is -0.345 e. The summed E-state index contributed by atoms with van der Waals surface area (Å²) in [5.41, 5.74) is 0. The fourth-order valence-electron chi connectivity index (χ4n) is 1.57. The molecule has 4 heteroatoms. The first-order valence-corrected chi connectivity index (χ1v) is 6.93. The zero-order valence-electron chi connectivity index (χ0n) is 8.79. The summed E-state index contributed by atoms with van der Waals surface area (Å²) in [5, 5.41) is 0. The van der Waals surface area contributed by atoms with Crippen LogP contribution in [0.25, 0.3) is 0 Å². The van der Waals surface area contributed by atoms with Crippen molar-refractivity contribution in [2.45, 2.75) is 32.5 Å². The van der Waals surface area contributed by atoms with Gasteiger partial charge >= 0.3 is 0 Å². The van der Waals surface area contributed by atoms with E-state index in [0.717, 1.165) is 6.42 Å². The summed E-state index contributed by atoms with van der Waals surface area (Å²) >= 11 is 5.39. The van der Waals surface area contributed by atoms with Crippen molar-refractivity contribution in [3.8, 4) is 0 Å². The maximum absolute atomic E-state index is 5.48. The second-order valence-electron chi connectivity index (χ2n) is 3.60. The van der Waals surface area contributed by atoms with Gasteiger partial charge in [0.2, 0.25) is 0 Å². The van der Waals surface area contributed by atoms with Gasteiger partial charge in [0.15, 0.2) is 6.29 Å². The lowest BCUT2D eigenvalue weighted by molar-refractivity contribution is -0.0413. The number of hydrogen-bond acceptors (Lipinski definition) is 3. The van der Waals surface area contributed by atoms with Crippen LogP contribution in [0.15, 0.2) is 10.5 Å². The van der Waals surface area contributed by atoms with E-state index in [9.17, 15) is 0 Å². The van der Waals surface area contributed by atoms with Gasteiger partial charge in [-0.1, -0.05) is 13.3 Å². The van der Waals surface area contributed by atoms with Crippen LogP contribution in [0.5, 0.6) is 0 Å². The van der Waals surface area contributed by atoms with E-state index in [1.165, 1.54) is 27.1 Å². The topological polar surface area (TPSA) is 18.5 Å². The summed E-state index contributed by atoms with van der Waals surface area (Å²) in [5.74, 6) is 0. The second-order valence-corrected chi connectivity index (χ2v) is 5.62. The van der Waals surface area contributed by atoms with Gasteiger partial charge in [-0.3, -0.25) is 0 Å². The molecule has 2 heterocycles. The number of unbranched alkanes of at least 4 members (excludes halogenated alkanes) is 1. The fraction of sp³-hybridized carbons (Fsp3) is 0.636. The van der Waals surface area contributed by atoms with E-state index >= 15 is 0 Å². The average Bonchev–Trinajstić information content (AvgIpc) is 2.83. The van der Waals surface area contributed by atoms with Crippen LogP contribution in [0, 0.1) is 0 Å². The van der Waals surface area contributed by atoms with E-state index in [1.807, 2.05) is 0 Å². The van der Waals surface area contributed by atoms with Crippen LogP contribution >= 0.6 is 27.3 Å². The fourth-order valence-corrected chi connectivity index (χ4v) is 3.51. The van der Waals surface area contributed by atoms with E-state index in [1.54, 1.807) is 11.3 Å². The van der Waals surface area contributed by atoms with Gasteiger partial charge in [0.25, 0.3) is 0 Å².